The molecule has 74 valence electrons. The highest BCUT2D eigenvalue weighted by atomic mass is 16.1. The molecular formula is C11H19NO. The average Bonchev–Trinajstić information content (AvgIpc) is 2.17. The third-order valence-electron chi connectivity index (χ3n) is 2.61. The summed E-state index contributed by atoms with van der Waals surface area (Å²) in [5.74, 6) is 0.359. The number of allylic oxidation sites excluding steroid dienone is 1. The van der Waals surface area contributed by atoms with Gasteiger partial charge in [-0.2, -0.15) is 0 Å². The van der Waals surface area contributed by atoms with Crippen molar-refractivity contribution in [1.82, 2.24) is 4.90 Å². The lowest BCUT2D eigenvalue weighted by Crippen LogP contribution is -2.19. The number of ketones is 1. The predicted octanol–water partition coefficient (Wildman–Crippen LogP) is 2.36. The second-order valence-corrected chi connectivity index (χ2v) is 3.51. The van der Waals surface area contributed by atoms with Crippen molar-refractivity contribution in [3.63, 3.8) is 0 Å². The van der Waals surface area contributed by atoms with E-state index in [4.69, 9.17) is 0 Å². The van der Waals surface area contributed by atoms with Crippen LogP contribution in [0.15, 0.2) is 11.8 Å². The highest BCUT2D eigenvalue weighted by molar-refractivity contribution is 5.95. The molecule has 0 radical (unpaired) electrons. The van der Waals surface area contributed by atoms with Crippen molar-refractivity contribution in [2.45, 2.75) is 39.5 Å². The van der Waals surface area contributed by atoms with Crippen LogP contribution in [0, 0.1) is 0 Å². The summed E-state index contributed by atoms with van der Waals surface area (Å²) in [6, 6.07) is 0. The van der Waals surface area contributed by atoms with Gasteiger partial charge >= 0.3 is 0 Å². The maximum atomic E-state index is 11.5. The first-order chi connectivity index (χ1) is 6.27. The van der Waals surface area contributed by atoms with Crippen LogP contribution in [-0.4, -0.2) is 23.8 Å². The molecule has 0 bridgehead atoms. The highest BCUT2D eigenvalue weighted by Gasteiger charge is 2.15. The lowest BCUT2D eigenvalue weighted by atomic mass is 9.94. The van der Waals surface area contributed by atoms with Gasteiger partial charge < -0.3 is 4.90 Å². The minimum atomic E-state index is 0.359. The summed E-state index contributed by atoms with van der Waals surface area (Å²) in [7, 11) is 0. The third kappa shape index (κ3) is 2.87. The van der Waals surface area contributed by atoms with Crippen LogP contribution >= 0.6 is 0 Å². The van der Waals surface area contributed by atoms with Gasteiger partial charge in [-0.25, -0.2) is 0 Å². The molecule has 0 aliphatic heterocycles. The Bertz CT molecular complexity index is 204. The predicted molar refractivity (Wildman–Crippen MR) is 54.5 cm³/mol. The summed E-state index contributed by atoms with van der Waals surface area (Å²) in [6.07, 6.45) is 6.05. The van der Waals surface area contributed by atoms with Crippen molar-refractivity contribution < 1.29 is 4.79 Å². The molecule has 2 nitrogen and oxygen atoms in total. The zero-order valence-electron chi connectivity index (χ0n) is 8.68. The lowest BCUT2D eigenvalue weighted by molar-refractivity contribution is -0.116. The van der Waals surface area contributed by atoms with Gasteiger partial charge in [0, 0.05) is 31.3 Å². The van der Waals surface area contributed by atoms with Gasteiger partial charge in [-0.1, -0.05) is 0 Å². The monoisotopic (exact) mass is 181 g/mol. The summed E-state index contributed by atoms with van der Waals surface area (Å²) in [4.78, 5) is 13.7. The van der Waals surface area contributed by atoms with Crippen molar-refractivity contribution in [2.75, 3.05) is 13.1 Å². The maximum absolute atomic E-state index is 11.5. The van der Waals surface area contributed by atoms with Gasteiger partial charge in [0.15, 0.2) is 5.78 Å². The van der Waals surface area contributed by atoms with E-state index in [2.05, 4.69) is 24.9 Å². The Morgan fingerprint density at radius 2 is 1.85 bits per heavy atom. The van der Waals surface area contributed by atoms with Gasteiger partial charge in [0.25, 0.3) is 0 Å². The Morgan fingerprint density at radius 3 is 2.38 bits per heavy atom. The Balaban J connectivity index is 2.61. The average molecular weight is 181 g/mol. The zero-order valence-corrected chi connectivity index (χ0v) is 8.68. The molecule has 0 heterocycles. The van der Waals surface area contributed by atoms with E-state index in [1.807, 2.05) is 0 Å². The molecule has 1 aliphatic rings. The first-order valence-electron chi connectivity index (χ1n) is 5.25. The van der Waals surface area contributed by atoms with Crippen LogP contribution in [0.5, 0.6) is 0 Å². The van der Waals surface area contributed by atoms with E-state index in [0.717, 1.165) is 37.9 Å². The van der Waals surface area contributed by atoms with Crippen LogP contribution in [-0.2, 0) is 4.79 Å². The van der Waals surface area contributed by atoms with E-state index in [0.29, 0.717) is 5.78 Å². The van der Waals surface area contributed by atoms with Gasteiger partial charge in [0.1, 0.15) is 0 Å². The molecule has 0 amide bonds. The first kappa shape index (κ1) is 10.3. The van der Waals surface area contributed by atoms with Gasteiger partial charge in [0.05, 0.1) is 0 Å². The molecule has 0 aromatic rings. The Labute approximate surface area is 80.6 Å². The fourth-order valence-electron chi connectivity index (χ4n) is 1.66. The van der Waals surface area contributed by atoms with Crippen LogP contribution in [0.4, 0.5) is 0 Å². The molecule has 2 heteroatoms. The Hall–Kier alpha value is -0.790. The molecule has 13 heavy (non-hydrogen) atoms. The van der Waals surface area contributed by atoms with E-state index in [9.17, 15) is 4.79 Å². The van der Waals surface area contributed by atoms with E-state index in [-0.39, 0.29) is 0 Å². The van der Waals surface area contributed by atoms with Crippen molar-refractivity contribution in [3.05, 3.63) is 11.8 Å². The molecule has 1 aliphatic carbocycles. The van der Waals surface area contributed by atoms with Crippen LogP contribution < -0.4 is 0 Å². The third-order valence-corrected chi connectivity index (χ3v) is 2.61. The number of hydrogen-bond acceptors (Lipinski definition) is 2. The van der Waals surface area contributed by atoms with Crippen molar-refractivity contribution in [1.29, 1.82) is 0 Å². The number of rotatable bonds is 3. The molecule has 0 saturated heterocycles. The Morgan fingerprint density at radius 1 is 1.23 bits per heavy atom. The molecule has 0 unspecified atom stereocenters. The van der Waals surface area contributed by atoms with Gasteiger partial charge in [-0.3, -0.25) is 4.79 Å². The minimum absolute atomic E-state index is 0.359. The van der Waals surface area contributed by atoms with E-state index >= 15 is 0 Å². The molecule has 1 saturated carbocycles. The maximum Gasteiger partial charge on any atom is 0.160 e. The summed E-state index contributed by atoms with van der Waals surface area (Å²) in [5, 5.41) is 0. The summed E-state index contributed by atoms with van der Waals surface area (Å²) in [5.41, 5.74) is 1.04. The molecule has 1 rings (SSSR count). The molecule has 0 spiro atoms. The lowest BCUT2D eigenvalue weighted by Gasteiger charge is -2.19. The number of hydrogen-bond donors (Lipinski definition) is 0. The minimum Gasteiger partial charge on any atom is -0.378 e. The molecule has 0 aromatic heterocycles. The quantitative estimate of drug-likeness (QED) is 0.623. The fourth-order valence-corrected chi connectivity index (χ4v) is 1.66. The molecule has 0 N–H and O–H groups in total. The van der Waals surface area contributed by atoms with Gasteiger partial charge in [-0.05, 0) is 33.1 Å². The number of Topliss-reactive ketones (excluding diaryl/α,β-unsaturated/α-hetero) is 1. The molecule has 0 atom stereocenters. The van der Waals surface area contributed by atoms with E-state index < -0.39 is 0 Å². The number of carbonyl (C=O) groups is 1. The Kier molecular flexibility index (Phi) is 4.00. The van der Waals surface area contributed by atoms with Gasteiger partial charge in [-0.15, -0.1) is 0 Å². The summed E-state index contributed by atoms with van der Waals surface area (Å²) in [6.45, 7) is 6.22. The van der Waals surface area contributed by atoms with Crippen LogP contribution in [0.3, 0.4) is 0 Å². The SMILES string of the molecule is CCN(/C=C1\CCCCC1=O)CC. The topological polar surface area (TPSA) is 20.3 Å². The van der Waals surface area contributed by atoms with Crippen LogP contribution in [0.2, 0.25) is 0 Å². The van der Waals surface area contributed by atoms with Crippen molar-refractivity contribution in [3.8, 4) is 0 Å². The first-order valence-corrected chi connectivity index (χ1v) is 5.25. The second kappa shape index (κ2) is 5.05. The summed E-state index contributed by atoms with van der Waals surface area (Å²) >= 11 is 0. The standard InChI is InChI=1S/C11H19NO/c1-3-12(4-2)9-10-7-5-6-8-11(10)13/h9H,3-8H2,1-2H3/b10-9+. The highest BCUT2D eigenvalue weighted by Crippen LogP contribution is 2.19. The van der Waals surface area contributed by atoms with E-state index in [1.165, 1.54) is 6.42 Å². The number of carbonyl (C=O) groups excluding carboxylic acids is 1. The van der Waals surface area contributed by atoms with Gasteiger partial charge in [0.2, 0.25) is 0 Å². The van der Waals surface area contributed by atoms with Crippen molar-refractivity contribution >= 4 is 5.78 Å². The fraction of sp³-hybridized carbons (Fsp3) is 0.727. The van der Waals surface area contributed by atoms with E-state index in [1.54, 1.807) is 0 Å². The smallest absolute Gasteiger partial charge is 0.160 e. The normalized spacial score (nSPS) is 20.8. The molecule has 0 aromatic carbocycles. The zero-order chi connectivity index (χ0) is 9.68. The molecule has 1 fully saturated rings. The number of nitrogens with zero attached hydrogens (tertiary/aromatic N) is 1. The molecular weight excluding hydrogens is 162 g/mol. The second-order valence-electron chi connectivity index (χ2n) is 3.51. The van der Waals surface area contributed by atoms with Crippen molar-refractivity contribution in [2.24, 2.45) is 0 Å². The summed E-state index contributed by atoms with van der Waals surface area (Å²) < 4.78 is 0. The van der Waals surface area contributed by atoms with Crippen LogP contribution in [0.1, 0.15) is 39.5 Å². The van der Waals surface area contributed by atoms with Crippen LogP contribution in [0.25, 0.3) is 0 Å². The largest absolute Gasteiger partial charge is 0.378 e.